The van der Waals surface area contributed by atoms with Crippen LogP contribution in [0.15, 0.2) is 24.5 Å². The Morgan fingerprint density at radius 1 is 1.43 bits per heavy atom. The summed E-state index contributed by atoms with van der Waals surface area (Å²) in [6, 6.07) is 3.87. The molecule has 1 aliphatic rings. The van der Waals surface area contributed by atoms with E-state index in [1.807, 2.05) is 19.1 Å². The molecule has 1 aliphatic heterocycles. The number of aromatic nitrogens is 2. The molecule has 21 heavy (non-hydrogen) atoms. The topological polar surface area (TPSA) is 89.2 Å². The number of hydrogen-bond donors (Lipinski definition) is 1. The van der Waals surface area contributed by atoms with Crippen molar-refractivity contribution in [2.24, 2.45) is 5.92 Å². The molecule has 0 radical (unpaired) electrons. The molecular weight excluding hydrogens is 288 g/mol. The fourth-order valence-corrected chi connectivity index (χ4v) is 4.01. The number of nitrogens with zero attached hydrogens (tertiary/aromatic N) is 3. The van der Waals surface area contributed by atoms with E-state index in [2.05, 4.69) is 14.9 Å². The number of rotatable bonds is 3. The summed E-state index contributed by atoms with van der Waals surface area (Å²) in [7, 11) is -2.95. The van der Waals surface area contributed by atoms with Crippen LogP contribution >= 0.6 is 0 Å². The highest BCUT2D eigenvalue weighted by Gasteiger charge is 2.38. The Hall–Kier alpha value is -1.89. The second kappa shape index (κ2) is 4.84. The van der Waals surface area contributed by atoms with Crippen LogP contribution in [0.25, 0.3) is 10.8 Å². The van der Waals surface area contributed by atoms with Gasteiger partial charge in [0.2, 0.25) is 0 Å². The van der Waals surface area contributed by atoms with Crippen LogP contribution in [-0.4, -0.2) is 43.0 Å². The van der Waals surface area contributed by atoms with E-state index in [9.17, 15) is 8.42 Å². The first-order chi connectivity index (χ1) is 9.85. The van der Waals surface area contributed by atoms with Gasteiger partial charge in [-0.2, -0.15) is 0 Å². The molecule has 6 nitrogen and oxygen atoms in total. The number of hydrogen-bond acceptors (Lipinski definition) is 6. The monoisotopic (exact) mass is 306 g/mol. The van der Waals surface area contributed by atoms with Crippen molar-refractivity contribution in [2.45, 2.75) is 13.0 Å². The molecule has 2 aromatic heterocycles. The van der Waals surface area contributed by atoms with Crippen molar-refractivity contribution in [2.75, 3.05) is 29.2 Å². The number of pyridine rings is 2. The first-order valence-electron chi connectivity index (χ1n) is 6.80. The maximum Gasteiger partial charge on any atom is 0.147 e. The summed E-state index contributed by atoms with van der Waals surface area (Å²) in [5, 5.41) is 1.93. The van der Waals surface area contributed by atoms with E-state index in [0.717, 1.165) is 16.6 Å². The Bertz CT molecular complexity index is 791. The predicted octanol–water partition coefficient (Wildman–Crippen LogP) is 1.08. The average Bonchev–Trinajstić information content (AvgIpc) is 2.41. The Balaban J connectivity index is 1.90. The molecule has 2 aromatic rings. The van der Waals surface area contributed by atoms with E-state index in [0.29, 0.717) is 12.4 Å². The van der Waals surface area contributed by atoms with Gasteiger partial charge in [-0.1, -0.05) is 0 Å². The van der Waals surface area contributed by atoms with Crippen LogP contribution in [0.2, 0.25) is 0 Å². The lowest BCUT2D eigenvalue weighted by molar-refractivity contribution is 0.339. The lowest BCUT2D eigenvalue weighted by atomic mass is 9.91. The highest BCUT2D eigenvalue weighted by molar-refractivity contribution is 7.90. The molecule has 3 rings (SSSR count). The van der Waals surface area contributed by atoms with Crippen molar-refractivity contribution < 1.29 is 8.42 Å². The first kappa shape index (κ1) is 14.1. The molecule has 2 atom stereocenters. The number of anilines is 2. The van der Waals surface area contributed by atoms with Crippen molar-refractivity contribution in [3.8, 4) is 0 Å². The van der Waals surface area contributed by atoms with Gasteiger partial charge in [-0.25, -0.2) is 18.4 Å². The van der Waals surface area contributed by atoms with E-state index < -0.39 is 9.84 Å². The van der Waals surface area contributed by atoms with Gasteiger partial charge in [0, 0.05) is 42.5 Å². The fourth-order valence-electron chi connectivity index (χ4n) is 2.85. The van der Waals surface area contributed by atoms with Crippen LogP contribution in [-0.2, 0) is 9.84 Å². The van der Waals surface area contributed by atoms with Crippen LogP contribution in [0.1, 0.15) is 6.92 Å². The summed E-state index contributed by atoms with van der Waals surface area (Å²) in [5.41, 5.74) is 5.70. The van der Waals surface area contributed by atoms with Crippen molar-refractivity contribution in [3.63, 3.8) is 0 Å². The number of nitrogens with two attached hydrogens (primary N) is 1. The summed E-state index contributed by atoms with van der Waals surface area (Å²) >= 11 is 0. The second-order valence-electron chi connectivity index (χ2n) is 5.71. The highest BCUT2D eigenvalue weighted by atomic mass is 32.2. The standard InChI is InChI=1S/C14H18N4O2S/c1-9-11(8-21(2,19)20)7-18(9)14-12-6-17-13(15)5-10(12)3-4-16-14/h3-6,9,11H,7-8H2,1-2H3,(H2,15,17)/t9-,11-/m1/s1. The Morgan fingerprint density at radius 3 is 2.86 bits per heavy atom. The smallest absolute Gasteiger partial charge is 0.147 e. The number of nitrogen functional groups attached to an aromatic ring is 1. The molecule has 0 amide bonds. The molecule has 0 saturated carbocycles. The molecule has 0 aliphatic carbocycles. The molecular formula is C14H18N4O2S. The molecule has 0 aromatic carbocycles. The van der Waals surface area contributed by atoms with Gasteiger partial charge >= 0.3 is 0 Å². The normalized spacial score (nSPS) is 22.3. The van der Waals surface area contributed by atoms with Gasteiger partial charge in [-0.05, 0) is 24.4 Å². The third kappa shape index (κ3) is 2.65. The van der Waals surface area contributed by atoms with Crippen LogP contribution in [0, 0.1) is 5.92 Å². The van der Waals surface area contributed by atoms with Gasteiger partial charge in [0.05, 0.1) is 5.75 Å². The van der Waals surface area contributed by atoms with Crippen LogP contribution in [0.3, 0.4) is 0 Å². The van der Waals surface area contributed by atoms with Gasteiger partial charge in [0.1, 0.15) is 21.5 Å². The molecule has 112 valence electrons. The van der Waals surface area contributed by atoms with Gasteiger partial charge in [0.15, 0.2) is 0 Å². The molecule has 3 heterocycles. The SMILES string of the molecule is C[C@@H]1[C@@H](CS(C)(=O)=O)CN1c1nccc2cc(N)ncc12. The molecule has 0 bridgehead atoms. The fraction of sp³-hybridized carbons (Fsp3) is 0.429. The number of fused-ring (bicyclic) bond motifs is 1. The summed E-state index contributed by atoms with van der Waals surface area (Å²) in [4.78, 5) is 10.7. The van der Waals surface area contributed by atoms with Crippen molar-refractivity contribution in [1.29, 1.82) is 0 Å². The largest absolute Gasteiger partial charge is 0.384 e. The highest BCUT2D eigenvalue weighted by Crippen LogP contribution is 2.34. The zero-order valence-electron chi connectivity index (χ0n) is 12.0. The second-order valence-corrected chi connectivity index (χ2v) is 7.90. The van der Waals surface area contributed by atoms with Crippen molar-refractivity contribution in [3.05, 3.63) is 24.5 Å². The van der Waals surface area contributed by atoms with E-state index in [4.69, 9.17) is 5.73 Å². The van der Waals surface area contributed by atoms with Crippen molar-refractivity contribution in [1.82, 2.24) is 9.97 Å². The van der Waals surface area contributed by atoms with Gasteiger partial charge < -0.3 is 10.6 Å². The Labute approximate surface area is 123 Å². The minimum Gasteiger partial charge on any atom is -0.384 e. The summed E-state index contributed by atoms with van der Waals surface area (Å²) in [6.45, 7) is 2.73. The minimum absolute atomic E-state index is 0.148. The van der Waals surface area contributed by atoms with E-state index in [-0.39, 0.29) is 17.7 Å². The third-order valence-electron chi connectivity index (χ3n) is 4.04. The molecule has 2 N–H and O–H groups in total. The lowest BCUT2D eigenvalue weighted by Gasteiger charge is -2.47. The van der Waals surface area contributed by atoms with Gasteiger partial charge in [-0.3, -0.25) is 0 Å². The summed E-state index contributed by atoms with van der Waals surface area (Å²) in [5.74, 6) is 1.70. The summed E-state index contributed by atoms with van der Waals surface area (Å²) < 4.78 is 22.8. The van der Waals surface area contributed by atoms with E-state index in [1.165, 1.54) is 6.26 Å². The number of sulfone groups is 1. The maximum atomic E-state index is 11.4. The molecule has 7 heteroatoms. The zero-order valence-corrected chi connectivity index (χ0v) is 12.8. The lowest BCUT2D eigenvalue weighted by Crippen LogP contribution is -2.57. The molecule has 1 saturated heterocycles. The zero-order chi connectivity index (χ0) is 15.2. The molecule has 1 fully saturated rings. The van der Waals surface area contributed by atoms with Gasteiger partial charge in [0.25, 0.3) is 0 Å². The van der Waals surface area contributed by atoms with Crippen LogP contribution < -0.4 is 10.6 Å². The summed E-state index contributed by atoms with van der Waals surface area (Å²) in [6.07, 6.45) is 4.75. The van der Waals surface area contributed by atoms with Crippen molar-refractivity contribution >= 4 is 32.2 Å². The van der Waals surface area contributed by atoms with Crippen LogP contribution in [0.5, 0.6) is 0 Å². The minimum atomic E-state index is -2.95. The maximum absolute atomic E-state index is 11.4. The molecule has 0 unspecified atom stereocenters. The quantitative estimate of drug-likeness (QED) is 0.913. The predicted molar refractivity (Wildman–Crippen MR) is 84.0 cm³/mol. The average molecular weight is 306 g/mol. The van der Waals surface area contributed by atoms with E-state index in [1.54, 1.807) is 12.4 Å². The van der Waals surface area contributed by atoms with E-state index >= 15 is 0 Å². The molecule has 0 spiro atoms. The Morgan fingerprint density at radius 2 is 2.19 bits per heavy atom. The Kier molecular flexibility index (Phi) is 3.24. The third-order valence-corrected chi connectivity index (χ3v) is 5.08. The van der Waals surface area contributed by atoms with Gasteiger partial charge in [-0.15, -0.1) is 0 Å². The van der Waals surface area contributed by atoms with Crippen LogP contribution in [0.4, 0.5) is 11.6 Å². The first-order valence-corrected chi connectivity index (χ1v) is 8.86.